The van der Waals surface area contributed by atoms with E-state index in [9.17, 15) is 0 Å². The highest BCUT2D eigenvalue weighted by atomic mass is 16.5. The Hall–Kier alpha value is -1.06. The number of hydrogen-bond donors (Lipinski definition) is 1. The van der Waals surface area contributed by atoms with E-state index in [1.165, 1.54) is 31.2 Å². The summed E-state index contributed by atoms with van der Waals surface area (Å²) < 4.78 is 12.4. The maximum absolute atomic E-state index is 6.62. The van der Waals surface area contributed by atoms with Gasteiger partial charge in [0.05, 0.1) is 18.3 Å². The van der Waals surface area contributed by atoms with Crippen LogP contribution in [0.3, 0.4) is 0 Å². The molecule has 3 atom stereocenters. The Labute approximate surface area is 128 Å². The number of para-hydroxylation sites is 1. The summed E-state index contributed by atoms with van der Waals surface area (Å²) in [5, 5.41) is 3.60. The van der Waals surface area contributed by atoms with Crippen molar-refractivity contribution in [2.75, 3.05) is 19.7 Å². The Morgan fingerprint density at radius 2 is 2.24 bits per heavy atom. The molecular weight excluding hydrogens is 262 g/mol. The Bertz CT molecular complexity index is 472. The van der Waals surface area contributed by atoms with Crippen LogP contribution in [0.15, 0.2) is 24.3 Å². The lowest BCUT2D eigenvalue weighted by atomic mass is 9.77. The smallest absolute Gasteiger partial charge is 0.125 e. The average Bonchev–Trinajstić information content (AvgIpc) is 2.48. The molecule has 2 aliphatic rings. The van der Waals surface area contributed by atoms with Gasteiger partial charge >= 0.3 is 0 Å². The van der Waals surface area contributed by atoms with Gasteiger partial charge in [0, 0.05) is 18.7 Å². The number of hydrogen-bond acceptors (Lipinski definition) is 3. The van der Waals surface area contributed by atoms with Crippen molar-refractivity contribution < 1.29 is 9.47 Å². The minimum absolute atomic E-state index is 0.0277. The van der Waals surface area contributed by atoms with E-state index in [1.54, 1.807) is 0 Å². The molecule has 0 aromatic heterocycles. The van der Waals surface area contributed by atoms with Crippen molar-refractivity contribution in [1.82, 2.24) is 5.32 Å². The highest BCUT2D eigenvalue weighted by molar-refractivity contribution is 5.35. The Balaban J connectivity index is 1.80. The van der Waals surface area contributed by atoms with Crippen LogP contribution in [0.4, 0.5) is 0 Å². The second-order valence-corrected chi connectivity index (χ2v) is 6.59. The van der Waals surface area contributed by atoms with Crippen LogP contribution in [-0.4, -0.2) is 25.3 Å². The van der Waals surface area contributed by atoms with Crippen molar-refractivity contribution in [3.63, 3.8) is 0 Å². The van der Waals surface area contributed by atoms with Gasteiger partial charge < -0.3 is 14.8 Å². The summed E-state index contributed by atoms with van der Waals surface area (Å²) in [6.45, 7) is 6.94. The lowest BCUT2D eigenvalue weighted by Gasteiger charge is -2.46. The molecular formula is C18H27NO2. The SMILES string of the molecule is CCOc1ccccc1C1CNCC2(CCCC(C)C2)O1. The first-order valence-corrected chi connectivity index (χ1v) is 8.33. The minimum atomic E-state index is 0.0277. The van der Waals surface area contributed by atoms with Gasteiger partial charge in [0.2, 0.25) is 0 Å². The fourth-order valence-electron chi connectivity index (χ4n) is 3.90. The van der Waals surface area contributed by atoms with E-state index in [0.29, 0.717) is 6.61 Å². The third-order valence-electron chi connectivity index (χ3n) is 4.78. The van der Waals surface area contributed by atoms with Crippen LogP contribution < -0.4 is 10.1 Å². The molecule has 0 bridgehead atoms. The van der Waals surface area contributed by atoms with E-state index in [4.69, 9.17) is 9.47 Å². The molecule has 2 fully saturated rings. The van der Waals surface area contributed by atoms with Gasteiger partial charge in [-0.05, 0) is 31.7 Å². The summed E-state index contributed by atoms with van der Waals surface area (Å²) >= 11 is 0. The van der Waals surface area contributed by atoms with Crippen LogP contribution >= 0.6 is 0 Å². The van der Waals surface area contributed by atoms with Crippen molar-refractivity contribution in [2.24, 2.45) is 5.92 Å². The number of ether oxygens (including phenoxy) is 2. The molecule has 1 aliphatic carbocycles. The molecule has 0 radical (unpaired) electrons. The molecule has 3 heteroatoms. The third kappa shape index (κ3) is 3.24. The summed E-state index contributed by atoms with van der Waals surface area (Å²) in [7, 11) is 0. The Morgan fingerprint density at radius 1 is 1.38 bits per heavy atom. The van der Waals surface area contributed by atoms with Gasteiger partial charge in [-0.3, -0.25) is 0 Å². The Kier molecular flexibility index (Phi) is 4.51. The van der Waals surface area contributed by atoms with E-state index in [-0.39, 0.29) is 11.7 Å². The normalized spacial score (nSPS) is 33.0. The maximum Gasteiger partial charge on any atom is 0.125 e. The number of morpholine rings is 1. The van der Waals surface area contributed by atoms with Gasteiger partial charge in [-0.2, -0.15) is 0 Å². The Morgan fingerprint density at radius 3 is 3.05 bits per heavy atom. The minimum Gasteiger partial charge on any atom is -0.493 e. The first-order valence-electron chi connectivity index (χ1n) is 8.33. The molecule has 1 saturated heterocycles. The third-order valence-corrected chi connectivity index (χ3v) is 4.78. The molecule has 1 aliphatic heterocycles. The number of rotatable bonds is 3. The zero-order valence-electron chi connectivity index (χ0n) is 13.2. The van der Waals surface area contributed by atoms with Crippen molar-refractivity contribution in [3.05, 3.63) is 29.8 Å². The monoisotopic (exact) mass is 289 g/mol. The van der Waals surface area contributed by atoms with Crippen molar-refractivity contribution in [3.8, 4) is 5.75 Å². The lowest BCUT2D eigenvalue weighted by molar-refractivity contribution is -0.143. The van der Waals surface area contributed by atoms with E-state index < -0.39 is 0 Å². The second kappa shape index (κ2) is 6.37. The highest BCUT2D eigenvalue weighted by Gasteiger charge is 2.41. The molecule has 116 valence electrons. The van der Waals surface area contributed by atoms with E-state index in [1.807, 2.05) is 19.1 Å². The molecule has 3 unspecified atom stereocenters. The van der Waals surface area contributed by atoms with Crippen LogP contribution in [-0.2, 0) is 4.74 Å². The number of nitrogens with one attached hydrogen (secondary N) is 1. The van der Waals surface area contributed by atoms with E-state index >= 15 is 0 Å². The average molecular weight is 289 g/mol. The molecule has 1 spiro atoms. The van der Waals surface area contributed by atoms with Gasteiger partial charge in [0.1, 0.15) is 5.75 Å². The van der Waals surface area contributed by atoms with Crippen LogP contribution in [0, 0.1) is 5.92 Å². The quantitative estimate of drug-likeness (QED) is 0.920. The van der Waals surface area contributed by atoms with Crippen LogP contribution in [0.25, 0.3) is 0 Å². The first kappa shape index (κ1) is 14.9. The fourth-order valence-corrected chi connectivity index (χ4v) is 3.90. The highest BCUT2D eigenvalue weighted by Crippen LogP contribution is 2.41. The van der Waals surface area contributed by atoms with Crippen molar-refractivity contribution in [1.29, 1.82) is 0 Å². The molecule has 0 amide bonds. The summed E-state index contributed by atoms with van der Waals surface area (Å²) in [6, 6.07) is 8.30. The number of benzene rings is 1. The van der Waals surface area contributed by atoms with E-state index in [2.05, 4.69) is 24.4 Å². The molecule has 1 aromatic carbocycles. The molecule has 1 N–H and O–H groups in total. The largest absolute Gasteiger partial charge is 0.493 e. The zero-order chi connectivity index (χ0) is 14.7. The topological polar surface area (TPSA) is 30.5 Å². The van der Waals surface area contributed by atoms with Gasteiger partial charge in [-0.25, -0.2) is 0 Å². The lowest BCUT2D eigenvalue weighted by Crippen LogP contribution is -2.53. The molecule has 21 heavy (non-hydrogen) atoms. The predicted molar refractivity (Wildman–Crippen MR) is 84.7 cm³/mol. The summed E-state index contributed by atoms with van der Waals surface area (Å²) in [6.07, 6.45) is 5.07. The standard InChI is InChI=1S/C18H27NO2/c1-3-20-16-9-5-4-8-15(16)17-12-19-13-18(21-17)10-6-7-14(2)11-18/h4-5,8-9,14,17,19H,3,6-7,10-13H2,1-2H3. The molecule has 1 heterocycles. The van der Waals surface area contributed by atoms with Gasteiger partial charge in [-0.1, -0.05) is 38.0 Å². The van der Waals surface area contributed by atoms with E-state index in [0.717, 1.165) is 24.8 Å². The fraction of sp³-hybridized carbons (Fsp3) is 0.667. The predicted octanol–water partition coefficient (Wildman–Crippen LogP) is 3.70. The first-order chi connectivity index (χ1) is 10.2. The molecule has 1 saturated carbocycles. The van der Waals surface area contributed by atoms with Gasteiger partial charge in [0.15, 0.2) is 0 Å². The summed E-state index contributed by atoms with van der Waals surface area (Å²) in [5.74, 6) is 1.73. The summed E-state index contributed by atoms with van der Waals surface area (Å²) in [4.78, 5) is 0. The van der Waals surface area contributed by atoms with Crippen molar-refractivity contribution >= 4 is 0 Å². The van der Waals surface area contributed by atoms with Crippen LogP contribution in [0.2, 0.25) is 0 Å². The van der Waals surface area contributed by atoms with Crippen LogP contribution in [0.5, 0.6) is 5.75 Å². The maximum atomic E-state index is 6.62. The van der Waals surface area contributed by atoms with Gasteiger partial charge in [-0.15, -0.1) is 0 Å². The second-order valence-electron chi connectivity index (χ2n) is 6.59. The van der Waals surface area contributed by atoms with Crippen molar-refractivity contribution in [2.45, 2.75) is 51.2 Å². The van der Waals surface area contributed by atoms with Crippen LogP contribution in [0.1, 0.15) is 51.2 Å². The zero-order valence-corrected chi connectivity index (χ0v) is 13.2. The molecule has 3 nitrogen and oxygen atoms in total. The molecule has 3 rings (SSSR count). The summed E-state index contributed by atoms with van der Waals surface area (Å²) in [5.41, 5.74) is 1.21. The van der Waals surface area contributed by atoms with Gasteiger partial charge in [0.25, 0.3) is 0 Å². The molecule has 1 aromatic rings.